The molecule has 0 spiro atoms. The van der Waals surface area contributed by atoms with Gasteiger partial charge in [0.15, 0.2) is 0 Å². The number of ether oxygens (including phenoxy) is 1. The molecule has 3 heterocycles. The molecule has 0 bridgehead atoms. The van der Waals surface area contributed by atoms with E-state index in [-0.39, 0.29) is 6.10 Å². The molecule has 0 radical (unpaired) electrons. The third-order valence-electron chi connectivity index (χ3n) is 3.66. The summed E-state index contributed by atoms with van der Waals surface area (Å²) in [5.41, 5.74) is 0. The van der Waals surface area contributed by atoms with Crippen molar-refractivity contribution in [1.29, 1.82) is 0 Å². The third kappa shape index (κ3) is 2.77. The van der Waals surface area contributed by atoms with Gasteiger partial charge in [-0.15, -0.1) is 5.10 Å². The molecule has 1 unspecified atom stereocenters. The predicted octanol–water partition coefficient (Wildman–Crippen LogP) is 0.270. The van der Waals surface area contributed by atoms with E-state index in [1.807, 2.05) is 0 Å². The normalized spacial score (nSPS) is 25.1. The van der Waals surface area contributed by atoms with Crippen molar-refractivity contribution in [3.8, 4) is 5.88 Å². The molecular weight excluding hydrogens is 280 g/mol. The Balaban J connectivity index is 1.62. The molecule has 8 heteroatoms. The largest absolute Gasteiger partial charge is 0.472 e. The molecule has 0 amide bonds. The van der Waals surface area contributed by atoms with Gasteiger partial charge >= 0.3 is 0 Å². The van der Waals surface area contributed by atoms with Gasteiger partial charge in [-0.25, -0.2) is 0 Å². The van der Waals surface area contributed by atoms with Gasteiger partial charge < -0.3 is 4.74 Å². The first-order valence-corrected chi connectivity index (χ1v) is 8.25. The molecule has 1 aromatic heterocycles. The van der Waals surface area contributed by atoms with Crippen LogP contribution in [0.3, 0.4) is 0 Å². The molecule has 2 aliphatic rings. The molecular formula is C12H18N4O3S. The Morgan fingerprint density at radius 2 is 2.00 bits per heavy atom. The van der Waals surface area contributed by atoms with Crippen molar-refractivity contribution >= 4 is 10.2 Å². The van der Waals surface area contributed by atoms with Crippen LogP contribution in [0.15, 0.2) is 18.3 Å². The van der Waals surface area contributed by atoms with Gasteiger partial charge in [0.2, 0.25) is 5.88 Å². The Hall–Kier alpha value is -1.25. The summed E-state index contributed by atoms with van der Waals surface area (Å²) in [4.78, 5) is 0. The second kappa shape index (κ2) is 5.63. The Morgan fingerprint density at radius 1 is 1.20 bits per heavy atom. The van der Waals surface area contributed by atoms with Gasteiger partial charge in [0, 0.05) is 31.9 Å². The Bertz CT molecular complexity index is 545. The predicted molar refractivity (Wildman–Crippen MR) is 72.4 cm³/mol. The summed E-state index contributed by atoms with van der Waals surface area (Å²) in [6.07, 6.45) is 4.01. The van der Waals surface area contributed by atoms with E-state index < -0.39 is 10.2 Å². The van der Waals surface area contributed by atoms with E-state index in [0.29, 0.717) is 38.5 Å². The lowest BCUT2D eigenvalue weighted by molar-refractivity contribution is 0.203. The molecule has 0 aromatic carbocycles. The molecule has 3 rings (SSSR count). The van der Waals surface area contributed by atoms with Crippen molar-refractivity contribution in [1.82, 2.24) is 18.8 Å². The molecule has 7 nitrogen and oxygen atoms in total. The highest BCUT2D eigenvalue weighted by Crippen LogP contribution is 2.23. The first kappa shape index (κ1) is 13.7. The number of aromatic nitrogens is 2. The van der Waals surface area contributed by atoms with Crippen LogP contribution >= 0.6 is 0 Å². The fourth-order valence-corrected chi connectivity index (χ4v) is 4.34. The summed E-state index contributed by atoms with van der Waals surface area (Å²) in [6, 6.07) is 3.47. The maximum Gasteiger partial charge on any atom is 0.282 e. The fraction of sp³-hybridized carbons (Fsp3) is 0.667. The van der Waals surface area contributed by atoms with Crippen LogP contribution in [0, 0.1) is 0 Å². The van der Waals surface area contributed by atoms with Crippen LogP contribution in [0.2, 0.25) is 0 Å². The smallest absolute Gasteiger partial charge is 0.282 e. The fourth-order valence-electron chi connectivity index (χ4n) is 2.61. The van der Waals surface area contributed by atoms with Gasteiger partial charge in [0.1, 0.15) is 6.10 Å². The minimum Gasteiger partial charge on any atom is -0.472 e. The summed E-state index contributed by atoms with van der Waals surface area (Å²) in [5.74, 6) is 0.443. The molecule has 2 aliphatic heterocycles. The Labute approximate surface area is 118 Å². The lowest BCUT2D eigenvalue weighted by Crippen LogP contribution is -2.41. The molecule has 20 heavy (non-hydrogen) atoms. The molecule has 2 saturated heterocycles. The van der Waals surface area contributed by atoms with Crippen LogP contribution in [0.4, 0.5) is 0 Å². The second-order valence-corrected chi connectivity index (χ2v) is 6.99. The highest BCUT2D eigenvalue weighted by Gasteiger charge is 2.37. The zero-order valence-corrected chi connectivity index (χ0v) is 12.0. The first-order chi connectivity index (χ1) is 9.66. The van der Waals surface area contributed by atoms with E-state index in [1.165, 1.54) is 4.31 Å². The van der Waals surface area contributed by atoms with E-state index in [0.717, 1.165) is 12.8 Å². The molecule has 2 fully saturated rings. The lowest BCUT2D eigenvalue weighted by Gasteiger charge is -2.23. The topological polar surface area (TPSA) is 75.6 Å². The number of hydrogen-bond acceptors (Lipinski definition) is 5. The van der Waals surface area contributed by atoms with Gasteiger partial charge in [0.05, 0.1) is 6.54 Å². The molecule has 1 atom stereocenters. The molecule has 0 N–H and O–H groups in total. The van der Waals surface area contributed by atoms with Crippen molar-refractivity contribution in [3.63, 3.8) is 0 Å². The zero-order valence-electron chi connectivity index (χ0n) is 11.2. The van der Waals surface area contributed by atoms with Crippen LogP contribution in [0.5, 0.6) is 5.88 Å². The highest BCUT2D eigenvalue weighted by molar-refractivity contribution is 7.86. The first-order valence-electron chi connectivity index (χ1n) is 6.86. The molecule has 0 saturated carbocycles. The Morgan fingerprint density at radius 3 is 2.70 bits per heavy atom. The maximum absolute atomic E-state index is 12.4. The van der Waals surface area contributed by atoms with Gasteiger partial charge in [-0.3, -0.25) is 0 Å². The third-order valence-corrected chi connectivity index (χ3v) is 5.66. The minimum absolute atomic E-state index is 0.149. The summed E-state index contributed by atoms with van der Waals surface area (Å²) in [5, 5.41) is 7.60. The average molecular weight is 298 g/mol. The summed E-state index contributed by atoms with van der Waals surface area (Å²) >= 11 is 0. The minimum atomic E-state index is -3.31. The standard InChI is InChI=1S/C12H18N4O3S/c17-20(18,15-7-1-2-8-15)16-9-5-11(10-16)19-12-4-3-6-13-14-12/h3-4,6,11H,1-2,5,7-10H2. The lowest BCUT2D eigenvalue weighted by atomic mass is 10.3. The van der Waals surface area contributed by atoms with Crippen molar-refractivity contribution in [2.24, 2.45) is 0 Å². The van der Waals surface area contributed by atoms with E-state index in [9.17, 15) is 8.42 Å². The second-order valence-electron chi connectivity index (χ2n) is 5.06. The van der Waals surface area contributed by atoms with E-state index in [4.69, 9.17) is 4.74 Å². The van der Waals surface area contributed by atoms with Crippen molar-refractivity contribution < 1.29 is 13.2 Å². The monoisotopic (exact) mass is 298 g/mol. The summed E-state index contributed by atoms with van der Waals surface area (Å²) in [6.45, 7) is 2.15. The van der Waals surface area contributed by atoms with Crippen LogP contribution < -0.4 is 4.74 Å². The van der Waals surface area contributed by atoms with Crippen LogP contribution in [0.25, 0.3) is 0 Å². The quantitative estimate of drug-likeness (QED) is 0.797. The molecule has 110 valence electrons. The zero-order chi connectivity index (χ0) is 14.0. The number of hydrogen-bond donors (Lipinski definition) is 0. The number of nitrogens with zero attached hydrogens (tertiary/aromatic N) is 4. The molecule has 0 aliphatic carbocycles. The highest BCUT2D eigenvalue weighted by atomic mass is 32.2. The summed E-state index contributed by atoms with van der Waals surface area (Å²) in [7, 11) is -3.31. The van der Waals surface area contributed by atoms with Gasteiger partial charge in [0.25, 0.3) is 10.2 Å². The van der Waals surface area contributed by atoms with Gasteiger partial charge in [-0.1, -0.05) is 0 Å². The van der Waals surface area contributed by atoms with Gasteiger partial charge in [-0.05, 0) is 25.3 Å². The van der Waals surface area contributed by atoms with Crippen molar-refractivity contribution in [3.05, 3.63) is 18.3 Å². The van der Waals surface area contributed by atoms with Crippen molar-refractivity contribution in [2.75, 3.05) is 26.2 Å². The number of rotatable bonds is 4. The van der Waals surface area contributed by atoms with Gasteiger partial charge in [-0.2, -0.15) is 22.1 Å². The summed E-state index contributed by atoms with van der Waals surface area (Å²) < 4.78 is 33.5. The average Bonchev–Trinajstić information content (AvgIpc) is 3.11. The van der Waals surface area contributed by atoms with Crippen LogP contribution in [0.1, 0.15) is 19.3 Å². The maximum atomic E-state index is 12.4. The van der Waals surface area contributed by atoms with Crippen LogP contribution in [-0.4, -0.2) is 59.5 Å². The van der Waals surface area contributed by atoms with E-state index in [2.05, 4.69) is 10.2 Å². The van der Waals surface area contributed by atoms with E-state index >= 15 is 0 Å². The molecule has 1 aromatic rings. The van der Waals surface area contributed by atoms with Crippen molar-refractivity contribution in [2.45, 2.75) is 25.4 Å². The van der Waals surface area contributed by atoms with Crippen LogP contribution in [-0.2, 0) is 10.2 Å². The Kier molecular flexibility index (Phi) is 3.86. The SMILES string of the molecule is O=S(=O)(N1CCCC1)N1CCC(Oc2cccnn2)C1. The van der Waals surface area contributed by atoms with E-state index in [1.54, 1.807) is 22.6 Å².